The number of aromatic nitrogens is 2. The van der Waals surface area contributed by atoms with Gasteiger partial charge in [-0.15, -0.1) is 0 Å². The van der Waals surface area contributed by atoms with Gasteiger partial charge in [-0.05, 0) is 12.0 Å². The summed E-state index contributed by atoms with van der Waals surface area (Å²) in [6.07, 6.45) is 2.19. The van der Waals surface area contributed by atoms with Crippen molar-refractivity contribution in [1.29, 1.82) is 0 Å². The van der Waals surface area contributed by atoms with Crippen LogP contribution in [0.2, 0.25) is 0 Å². The maximum Gasteiger partial charge on any atom is 0.152 e. The van der Waals surface area contributed by atoms with Crippen molar-refractivity contribution in [2.75, 3.05) is 47.9 Å². The molecule has 1 N–H and O–H groups in total. The summed E-state index contributed by atoms with van der Waals surface area (Å²) < 4.78 is 23.2. The molecule has 2 aromatic rings. The van der Waals surface area contributed by atoms with Crippen molar-refractivity contribution < 1.29 is 8.42 Å². The highest BCUT2D eigenvalue weighted by Gasteiger charge is 2.28. The molecule has 0 amide bonds. The number of nitrogens with zero attached hydrogens (tertiary/aromatic N) is 4. The third-order valence-electron chi connectivity index (χ3n) is 5.18. The number of anilines is 2. The van der Waals surface area contributed by atoms with Crippen LogP contribution in [-0.2, 0) is 16.4 Å². The van der Waals surface area contributed by atoms with Crippen LogP contribution in [0.1, 0.15) is 12.0 Å². The second kappa shape index (κ2) is 7.82. The van der Waals surface area contributed by atoms with E-state index in [4.69, 9.17) is 0 Å². The molecule has 4 rings (SSSR count). The second-order valence-electron chi connectivity index (χ2n) is 7.25. The molecule has 0 bridgehead atoms. The minimum atomic E-state index is -2.90. The topological polar surface area (TPSA) is 78.4 Å². The predicted molar refractivity (Wildman–Crippen MR) is 107 cm³/mol. The first kappa shape index (κ1) is 18.2. The van der Waals surface area contributed by atoms with Crippen LogP contribution < -0.4 is 10.2 Å². The van der Waals surface area contributed by atoms with Crippen LogP contribution in [0, 0.1) is 0 Å². The van der Waals surface area contributed by atoms with E-state index in [-0.39, 0.29) is 17.5 Å². The zero-order valence-corrected chi connectivity index (χ0v) is 16.1. The average Bonchev–Trinajstić information content (AvgIpc) is 3.02. The van der Waals surface area contributed by atoms with Crippen molar-refractivity contribution in [3.63, 3.8) is 0 Å². The van der Waals surface area contributed by atoms with Crippen LogP contribution in [0.25, 0.3) is 0 Å². The molecule has 144 valence electrons. The Bertz CT molecular complexity index is 867. The summed E-state index contributed by atoms with van der Waals surface area (Å²) in [6, 6.07) is 12.4. The molecule has 1 aromatic carbocycles. The number of benzene rings is 1. The molecule has 0 spiro atoms. The van der Waals surface area contributed by atoms with E-state index in [0.717, 1.165) is 38.5 Å². The minimum absolute atomic E-state index is 0.0551. The average molecular weight is 388 g/mol. The highest BCUT2D eigenvalue weighted by Crippen LogP contribution is 2.20. The van der Waals surface area contributed by atoms with Gasteiger partial charge in [-0.3, -0.25) is 4.90 Å². The highest BCUT2D eigenvalue weighted by atomic mass is 32.2. The number of nitrogens with one attached hydrogen (secondary N) is 1. The molecule has 0 aliphatic carbocycles. The van der Waals surface area contributed by atoms with Gasteiger partial charge in [0.15, 0.2) is 9.84 Å². The first-order valence-electron chi connectivity index (χ1n) is 9.38. The molecule has 2 saturated heterocycles. The summed E-state index contributed by atoms with van der Waals surface area (Å²) in [6.45, 7) is 4.79. The van der Waals surface area contributed by atoms with Crippen LogP contribution in [0.15, 0.2) is 42.7 Å². The number of piperazine rings is 1. The number of rotatable bonds is 5. The van der Waals surface area contributed by atoms with Gasteiger partial charge in [0.25, 0.3) is 0 Å². The van der Waals surface area contributed by atoms with Gasteiger partial charge >= 0.3 is 0 Å². The first-order chi connectivity index (χ1) is 13.1. The van der Waals surface area contributed by atoms with Crippen molar-refractivity contribution in [2.45, 2.75) is 19.0 Å². The van der Waals surface area contributed by atoms with E-state index in [1.165, 1.54) is 5.56 Å². The van der Waals surface area contributed by atoms with Crippen molar-refractivity contribution in [3.05, 3.63) is 48.3 Å². The third-order valence-corrected chi connectivity index (χ3v) is 6.95. The summed E-state index contributed by atoms with van der Waals surface area (Å²) >= 11 is 0. The fourth-order valence-corrected chi connectivity index (χ4v) is 5.37. The summed E-state index contributed by atoms with van der Waals surface area (Å²) in [4.78, 5) is 13.4. The van der Waals surface area contributed by atoms with Crippen LogP contribution in [-0.4, -0.2) is 67.0 Å². The van der Waals surface area contributed by atoms with E-state index < -0.39 is 9.84 Å². The van der Waals surface area contributed by atoms with Gasteiger partial charge in [0.05, 0.1) is 11.5 Å². The summed E-state index contributed by atoms with van der Waals surface area (Å²) in [7, 11) is -2.90. The normalized spacial score (nSPS) is 22.7. The van der Waals surface area contributed by atoms with Crippen molar-refractivity contribution in [2.24, 2.45) is 0 Å². The van der Waals surface area contributed by atoms with E-state index in [0.29, 0.717) is 12.2 Å². The fraction of sp³-hybridized carbons (Fsp3) is 0.474. The quantitative estimate of drug-likeness (QED) is 0.831. The lowest BCUT2D eigenvalue weighted by Crippen LogP contribution is -2.46. The molecule has 2 aliphatic heterocycles. The lowest BCUT2D eigenvalue weighted by Gasteiger charge is -2.35. The summed E-state index contributed by atoms with van der Waals surface area (Å²) in [5.74, 6) is 2.04. The van der Waals surface area contributed by atoms with Crippen LogP contribution in [0.5, 0.6) is 0 Å². The maximum absolute atomic E-state index is 11.6. The van der Waals surface area contributed by atoms with Crippen molar-refractivity contribution in [1.82, 2.24) is 14.9 Å². The molecule has 1 unspecified atom stereocenters. The number of hydrogen-bond donors (Lipinski definition) is 1. The van der Waals surface area contributed by atoms with Gasteiger partial charge in [-0.25, -0.2) is 18.4 Å². The van der Waals surface area contributed by atoms with E-state index in [1.807, 2.05) is 12.1 Å². The molecule has 7 nitrogen and oxygen atoms in total. The fourth-order valence-electron chi connectivity index (χ4n) is 3.69. The van der Waals surface area contributed by atoms with Gasteiger partial charge in [0.1, 0.15) is 18.0 Å². The smallest absolute Gasteiger partial charge is 0.152 e. The Hall–Kier alpha value is -2.19. The van der Waals surface area contributed by atoms with Crippen LogP contribution in [0.4, 0.5) is 11.6 Å². The highest BCUT2D eigenvalue weighted by molar-refractivity contribution is 7.91. The SMILES string of the molecule is O=S1(=O)CCC(Nc2cc(N3CCN(Cc4ccccc4)CC3)ncn2)C1. The van der Waals surface area contributed by atoms with E-state index in [1.54, 1.807) is 6.33 Å². The molecule has 2 fully saturated rings. The molecule has 8 heteroatoms. The largest absolute Gasteiger partial charge is 0.366 e. The Morgan fingerprint density at radius 1 is 1.07 bits per heavy atom. The van der Waals surface area contributed by atoms with E-state index >= 15 is 0 Å². The Kier molecular flexibility index (Phi) is 5.27. The Labute approximate surface area is 160 Å². The predicted octanol–water partition coefficient (Wildman–Crippen LogP) is 1.40. The lowest BCUT2D eigenvalue weighted by molar-refractivity contribution is 0.249. The zero-order valence-electron chi connectivity index (χ0n) is 15.3. The lowest BCUT2D eigenvalue weighted by atomic mass is 10.2. The molecule has 1 aromatic heterocycles. The molecular weight excluding hydrogens is 362 g/mol. The minimum Gasteiger partial charge on any atom is -0.366 e. The second-order valence-corrected chi connectivity index (χ2v) is 9.48. The van der Waals surface area contributed by atoms with Crippen molar-refractivity contribution >= 4 is 21.5 Å². The van der Waals surface area contributed by atoms with Gasteiger partial charge in [0, 0.05) is 44.8 Å². The molecule has 0 saturated carbocycles. The summed E-state index contributed by atoms with van der Waals surface area (Å²) in [5.41, 5.74) is 1.34. The van der Waals surface area contributed by atoms with Gasteiger partial charge in [-0.1, -0.05) is 30.3 Å². The first-order valence-corrected chi connectivity index (χ1v) is 11.2. The van der Waals surface area contributed by atoms with Gasteiger partial charge < -0.3 is 10.2 Å². The molecular formula is C19H25N5O2S. The Balaban J connectivity index is 1.33. The van der Waals surface area contributed by atoms with Crippen LogP contribution in [0.3, 0.4) is 0 Å². The standard InChI is InChI=1S/C19H25N5O2S/c25-27(26)11-6-17(14-27)22-18-12-19(21-15-20-18)24-9-7-23(8-10-24)13-16-4-2-1-3-5-16/h1-5,12,15,17H,6-11,13-14H2,(H,20,21,22). The zero-order chi connectivity index (χ0) is 18.7. The van der Waals surface area contributed by atoms with Crippen molar-refractivity contribution in [3.8, 4) is 0 Å². The molecule has 0 radical (unpaired) electrons. The van der Waals surface area contributed by atoms with Crippen LogP contribution >= 0.6 is 0 Å². The molecule has 1 atom stereocenters. The molecule has 27 heavy (non-hydrogen) atoms. The third kappa shape index (κ3) is 4.75. The van der Waals surface area contributed by atoms with Gasteiger partial charge in [-0.2, -0.15) is 0 Å². The Morgan fingerprint density at radius 3 is 2.56 bits per heavy atom. The monoisotopic (exact) mass is 387 g/mol. The number of sulfone groups is 1. The molecule has 2 aliphatic rings. The van der Waals surface area contributed by atoms with E-state index in [2.05, 4.69) is 49.4 Å². The van der Waals surface area contributed by atoms with Gasteiger partial charge in [0.2, 0.25) is 0 Å². The number of hydrogen-bond acceptors (Lipinski definition) is 7. The van der Waals surface area contributed by atoms with E-state index in [9.17, 15) is 8.42 Å². The maximum atomic E-state index is 11.6. The molecule has 3 heterocycles. The summed E-state index contributed by atoms with van der Waals surface area (Å²) in [5, 5.41) is 3.25. The Morgan fingerprint density at radius 2 is 1.85 bits per heavy atom.